The summed E-state index contributed by atoms with van der Waals surface area (Å²) in [4.78, 5) is 12.5. The maximum absolute atomic E-state index is 12.5. The molecule has 2 aromatic rings. The van der Waals surface area contributed by atoms with Crippen molar-refractivity contribution in [2.75, 3.05) is 6.54 Å². The number of hydrogen-bond acceptors (Lipinski definition) is 3. The van der Waals surface area contributed by atoms with Crippen LogP contribution >= 0.6 is 11.6 Å². The van der Waals surface area contributed by atoms with Gasteiger partial charge >= 0.3 is 0 Å². The van der Waals surface area contributed by atoms with E-state index in [1.54, 1.807) is 24.3 Å². The second kappa shape index (κ2) is 8.56. The van der Waals surface area contributed by atoms with E-state index >= 15 is 0 Å². The van der Waals surface area contributed by atoms with Crippen LogP contribution in [0.3, 0.4) is 0 Å². The topological polar surface area (TPSA) is 64.3 Å². The molecule has 2 aromatic carbocycles. The highest BCUT2D eigenvalue weighted by Crippen LogP contribution is 2.23. The van der Waals surface area contributed by atoms with Crippen molar-refractivity contribution in [1.29, 1.82) is 0 Å². The number of ether oxygens (including phenoxy) is 1. The Labute approximate surface area is 141 Å². The zero-order chi connectivity index (χ0) is 16.7. The third-order valence-corrected chi connectivity index (χ3v) is 3.56. The van der Waals surface area contributed by atoms with Gasteiger partial charge in [-0.25, -0.2) is 0 Å². The molecule has 0 fully saturated rings. The van der Waals surface area contributed by atoms with E-state index < -0.39 is 6.10 Å². The number of amides is 1. The van der Waals surface area contributed by atoms with Crippen molar-refractivity contribution in [3.8, 4) is 5.75 Å². The Morgan fingerprint density at radius 2 is 1.83 bits per heavy atom. The van der Waals surface area contributed by atoms with Crippen molar-refractivity contribution < 1.29 is 9.53 Å². The maximum Gasteiger partial charge on any atom is 0.265 e. The molecule has 0 aliphatic heterocycles. The molecule has 0 aromatic heterocycles. The highest BCUT2D eigenvalue weighted by Gasteiger charge is 2.22. The standard InChI is InChI=1S/C18H21ClN2O2/c1-13(20)11-12-21-18(22)17(14-5-3-2-4-6-14)23-16-9-7-15(19)8-10-16/h2-10,13,17H,11-12,20H2,1H3,(H,21,22). The lowest BCUT2D eigenvalue weighted by atomic mass is 10.1. The monoisotopic (exact) mass is 332 g/mol. The molecular formula is C18H21ClN2O2. The van der Waals surface area contributed by atoms with Gasteiger partial charge in [-0.3, -0.25) is 4.79 Å². The fourth-order valence-corrected chi connectivity index (χ4v) is 2.19. The minimum Gasteiger partial charge on any atom is -0.476 e. The number of nitrogens with two attached hydrogens (primary N) is 1. The van der Waals surface area contributed by atoms with Crippen molar-refractivity contribution in [2.24, 2.45) is 5.73 Å². The van der Waals surface area contributed by atoms with Gasteiger partial charge in [-0.2, -0.15) is 0 Å². The van der Waals surface area contributed by atoms with Gasteiger partial charge < -0.3 is 15.8 Å². The van der Waals surface area contributed by atoms with Gasteiger partial charge in [-0.1, -0.05) is 41.9 Å². The SMILES string of the molecule is CC(N)CCNC(=O)C(Oc1ccc(Cl)cc1)c1ccccc1. The largest absolute Gasteiger partial charge is 0.476 e. The van der Waals surface area contributed by atoms with Crippen molar-refractivity contribution in [2.45, 2.75) is 25.5 Å². The van der Waals surface area contributed by atoms with Gasteiger partial charge in [0.1, 0.15) is 5.75 Å². The van der Waals surface area contributed by atoms with Crippen LogP contribution in [-0.2, 0) is 4.79 Å². The van der Waals surface area contributed by atoms with Gasteiger partial charge in [0.25, 0.3) is 5.91 Å². The van der Waals surface area contributed by atoms with E-state index in [-0.39, 0.29) is 11.9 Å². The molecule has 2 rings (SSSR count). The third kappa shape index (κ3) is 5.58. The molecule has 2 unspecified atom stereocenters. The van der Waals surface area contributed by atoms with E-state index in [0.29, 0.717) is 23.7 Å². The Kier molecular flexibility index (Phi) is 6.44. The molecule has 0 radical (unpaired) electrons. The van der Waals surface area contributed by atoms with Crippen molar-refractivity contribution in [3.63, 3.8) is 0 Å². The van der Waals surface area contributed by atoms with Gasteiger partial charge in [-0.05, 0) is 37.6 Å². The predicted molar refractivity (Wildman–Crippen MR) is 92.5 cm³/mol. The van der Waals surface area contributed by atoms with Crippen LogP contribution in [0.15, 0.2) is 54.6 Å². The van der Waals surface area contributed by atoms with Gasteiger partial charge in [0.2, 0.25) is 6.10 Å². The zero-order valence-electron chi connectivity index (χ0n) is 13.0. The second-order valence-corrected chi connectivity index (χ2v) is 5.86. The van der Waals surface area contributed by atoms with Crippen LogP contribution in [0.5, 0.6) is 5.75 Å². The van der Waals surface area contributed by atoms with Gasteiger partial charge in [0, 0.05) is 23.2 Å². The number of carbonyl (C=O) groups excluding carboxylic acids is 1. The third-order valence-electron chi connectivity index (χ3n) is 3.31. The Balaban J connectivity index is 2.11. The highest BCUT2D eigenvalue weighted by atomic mass is 35.5. The molecular weight excluding hydrogens is 312 g/mol. The number of hydrogen-bond donors (Lipinski definition) is 2. The van der Waals surface area contributed by atoms with Crippen LogP contribution < -0.4 is 15.8 Å². The summed E-state index contributed by atoms with van der Waals surface area (Å²) in [6.07, 6.45) is -0.000707. The number of carbonyl (C=O) groups is 1. The zero-order valence-corrected chi connectivity index (χ0v) is 13.8. The summed E-state index contributed by atoms with van der Waals surface area (Å²) >= 11 is 5.88. The Morgan fingerprint density at radius 1 is 1.17 bits per heavy atom. The molecule has 0 saturated carbocycles. The molecule has 2 atom stereocenters. The van der Waals surface area contributed by atoms with Crippen molar-refractivity contribution in [3.05, 3.63) is 65.2 Å². The van der Waals surface area contributed by atoms with Crippen LogP contribution in [0.25, 0.3) is 0 Å². The van der Waals surface area contributed by atoms with E-state index in [0.717, 1.165) is 5.56 Å². The van der Waals surface area contributed by atoms with E-state index in [1.807, 2.05) is 37.3 Å². The molecule has 0 bridgehead atoms. The van der Waals surface area contributed by atoms with E-state index in [1.165, 1.54) is 0 Å². The highest BCUT2D eigenvalue weighted by molar-refractivity contribution is 6.30. The summed E-state index contributed by atoms with van der Waals surface area (Å²) in [5.41, 5.74) is 6.50. The maximum atomic E-state index is 12.5. The Bertz CT molecular complexity index is 615. The Morgan fingerprint density at radius 3 is 2.43 bits per heavy atom. The smallest absolute Gasteiger partial charge is 0.265 e. The summed E-state index contributed by atoms with van der Waals surface area (Å²) < 4.78 is 5.87. The summed E-state index contributed by atoms with van der Waals surface area (Å²) in [5, 5.41) is 3.49. The summed E-state index contributed by atoms with van der Waals surface area (Å²) in [6.45, 7) is 2.43. The molecule has 0 aliphatic rings. The first kappa shape index (κ1) is 17.3. The lowest BCUT2D eigenvalue weighted by Gasteiger charge is -2.19. The summed E-state index contributed by atoms with van der Waals surface area (Å²) in [6, 6.07) is 16.4. The first-order valence-electron chi connectivity index (χ1n) is 7.56. The molecule has 23 heavy (non-hydrogen) atoms. The number of benzene rings is 2. The normalized spacial score (nSPS) is 13.2. The van der Waals surface area contributed by atoms with Crippen LogP contribution in [0.2, 0.25) is 5.02 Å². The first-order valence-corrected chi connectivity index (χ1v) is 7.94. The number of nitrogens with one attached hydrogen (secondary N) is 1. The van der Waals surface area contributed by atoms with E-state index in [4.69, 9.17) is 22.1 Å². The molecule has 0 spiro atoms. The molecule has 5 heteroatoms. The minimum absolute atomic E-state index is 0.0441. The lowest BCUT2D eigenvalue weighted by molar-refractivity contribution is -0.128. The predicted octanol–water partition coefficient (Wildman–Crippen LogP) is 3.31. The number of rotatable bonds is 7. The van der Waals surface area contributed by atoms with E-state index in [2.05, 4.69) is 5.32 Å². The molecule has 0 heterocycles. The minimum atomic E-state index is -0.717. The fourth-order valence-electron chi connectivity index (χ4n) is 2.07. The van der Waals surface area contributed by atoms with Gasteiger partial charge in [0.05, 0.1) is 0 Å². The summed E-state index contributed by atoms with van der Waals surface area (Å²) in [5.74, 6) is 0.400. The Hall–Kier alpha value is -2.04. The molecule has 122 valence electrons. The molecule has 1 amide bonds. The molecule has 0 saturated heterocycles. The molecule has 3 N–H and O–H groups in total. The first-order chi connectivity index (χ1) is 11.1. The van der Waals surface area contributed by atoms with Gasteiger partial charge in [-0.15, -0.1) is 0 Å². The molecule has 4 nitrogen and oxygen atoms in total. The molecule has 0 aliphatic carbocycles. The second-order valence-electron chi connectivity index (χ2n) is 5.42. The summed E-state index contributed by atoms with van der Waals surface area (Å²) in [7, 11) is 0. The average Bonchev–Trinajstić information content (AvgIpc) is 2.54. The van der Waals surface area contributed by atoms with Crippen LogP contribution in [0.1, 0.15) is 25.0 Å². The lowest BCUT2D eigenvalue weighted by Crippen LogP contribution is -2.35. The average molecular weight is 333 g/mol. The van der Waals surface area contributed by atoms with E-state index in [9.17, 15) is 4.79 Å². The van der Waals surface area contributed by atoms with Crippen LogP contribution in [-0.4, -0.2) is 18.5 Å². The van der Waals surface area contributed by atoms with Crippen molar-refractivity contribution in [1.82, 2.24) is 5.32 Å². The van der Waals surface area contributed by atoms with Crippen LogP contribution in [0, 0.1) is 0 Å². The number of halogens is 1. The van der Waals surface area contributed by atoms with Crippen molar-refractivity contribution >= 4 is 17.5 Å². The van der Waals surface area contributed by atoms with Crippen LogP contribution in [0.4, 0.5) is 0 Å². The quantitative estimate of drug-likeness (QED) is 0.817. The van der Waals surface area contributed by atoms with Gasteiger partial charge in [0.15, 0.2) is 0 Å². The fraction of sp³-hybridized carbons (Fsp3) is 0.278.